The van der Waals surface area contributed by atoms with E-state index in [1.165, 1.54) is 31.2 Å². The van der Waals surface area contributed by atoms with Crippen LogP contribution in [0.15, 0.2) is 24.3 Å². The van der Waals surface area contributed by atoms with Gasteiger partial charge in [-0.25, -0.2) is 0 Å². The van der Waals surface area contributed by atoms with E-state index in [1.54, 1.807) is 7.11 Å². The van der Waals surface area contributed by atoms with Gasteiger partial charge in [0.25, 0.3) is 0 Å². The number of hydrogen-bond donors (Lipinski definition) is 0. The first-order valence-corrected chi connectivity index (χ1v) is 7.56. The third-order valence-corrected chi connectivity index (χ3v) is 4.91. The number of piperidine rings is 1. The van der Waals surface area contributed by atoms with Crippen LogP contribution in [-0.4, -0.2) is 24.1 Å². The van der Waals surface area contributed by atoms with E-state index in [1.807, 2.05) is 12.1 Å². The molecule has 0 amide bonds. The standard InChI is InChI=1S/C17H22N2O/c1-20-17-5-3-2-4-14(17)12-19-15-6-7-16(19)11-13(10-15)8-9-18/h2-5,13,15-16H,6-8,10-12H2,1H3. The van der Waals surface area contributed by atoms with Crippen molar-refractivity contribution >= 4 is 0 Å². The van der Waals surface area contributed by atoms with Crippen LogP contribution in [0.5, 0.6) is 5.75 Å². The molecule has 20 heavy (non-hydrogen) atoms. The Morgan fingerprint density at radius 3 is 2.60 bits per heavy atom. The zero-order valence-corrected chi connectivity index (χ0v) is 12.1. The zero-order valence-electron chi connectivity index (χ0n) is 12.1. The van der Waals surface area contributed by atoms with Gasteiger partial charge in [0.2, 0.25) is 0 Å². The Labute approximate surface area is 121 Å². The fourth-order valence-electron chi connectivity index (χ4n) is 3.97. The van der Waals surface area contributed by atoms with Crippen LogP contribution in [0.25, 0.3) is 0 Å². The normalized spacial score (nSPS) is 29.1. The van der Waals surface area contributed by atoms with Crippen molar-refractivity contribution in [3.63, 3.8) is 0 Å². The number of nitrogens with zero attached hydrogens (tertiary/aromatic N) is 2. The highest BCUT2D eigenvalue weighted by molar-refractivity contribution is 5.33. The van der Waals surface area contributed by atoms with E-state index in [0.29, 0.717) is 18.0 Å². The number of fused-ring (bicyclic) bond motifs is 2. The molecule has 2 fully saturated rings. The molecule has 2 bridgehead atoms. The molecule has 2 unspecified atom stereocenters. The molecule has 2 aliphatic heterocycles. The molecule has 3 heteroatoms. The maximum absolute atomic E-state index is 8.90. The largest absolute Gasteiger partial charge is 0.496 e. The molecular formula is C17H22N2O. The van der Waals surface area contributed by atoms with Gasteiger partial charge in [-0.2, -0.15) is 5.26 Å². The van der Waals surface area contributed by atoms with Crippen LogP contribution in [0, 0.1) is 17.2 Å². The molecule has 3 nitrogen and oxygen atoms in total. The lowest BCUT2D eigenvalue weighted by Gasteiger charge is -2.38. The van der Waals surface area contributed by atoms with Crippen molar-refractivity contribution < 1.29 is 4.74 Å². The van der Waals surface area contributed by atoms with Crippen molar-refractivity contribution in [1.29, 1.82) is 5.26 Å². The van der Waals surface area contributed by atoms with Gasteiger partial charge in [-0.3, -0.25) is 4.90 Å². The lowest BCUT2D eigenvalue weighted by molar-refractivity contribution is 0.0967. The van der Waals surface area contributed by atoms with E-state index in [0.717, 1.165) is 18.7 Å². The van der Waals surface area contributed by atoms with Crippen LogP contribution >= 0.6 is 0 Å². The van der Waals surface area contributed by atoms with Crippen molar-refractivity contribution in [3.8, 4) is 11.8 Å². The molecule has 1 aromatic rings. The highest BCUT2D eigenvalue weighted by Gasteiger charge is 2.40. The molecule has 0 aliphatic carbocycles. The average molecular weight is 270 g/mol. The molecule has 3 rings (SSSR count). The van der Waals surface area contributed by atoms with E-state index in [2.05, 4.69) is 23.1 Å². The molecule has 2 aliphatic rings. The minimum atomic E-state index is 0.617. The lowest BCUT2D eigenvalue weighted by atomic mass is 9.88. The maximum atomic E-state index is 8.90. The second-order valence-electron chi connectivity index (χ2n) is 6.07. The smallest absolute Gasteiger partial charge is 0.123 e. The summed E-state index contributed by atoms with van der Waals surface area (Å²) in [6.45, 7) is 0.985. The third kappa shape index (κ3) is 2.53. The minimum Gasteiger partial charge on any atom is -0.496 e. The van der Waals surface area contributed by atoms with Crippen molar-refractivity contribution in [2.24, 2.45) is 5.92 Å². The average Bonchev–Trinajstić information content (AvgIpc) is 2.71. The molecule has 106 valence electrons. The van der Waals surface area contributed by atoms with Crippen molar-refractivity contribution in [2.75, 3.05) is 7.11 Å². The minimum absolute atomic E-state index is 0.617. The third-order valence-electron chi connectivity index (χ3n) is 4.91. The van der Waals surface area contributed by atoms with E-state index in [9.17, 15) is 0 Å². The van der Waals surface area contributed by atoms with E-state index in [-0.39, 0.29) is 0 Å². The summed E-state index contributed by atoms with van der Waals surface area (Å²) in [5.41, 5.74) is 1.28. The molecule has 0 N–H and O–H groups in total. The van der Waals surface area contributed by atoms with Gasteiger partial charge < -0.3 is 4.74 Å². The molecule has 1 aromatic carbocycles. The first kappa shape index (κ1) is 13.5. The first-order chi connectivity index (χ1) is 9.81. The van der Waals surface area contributed by atoms with Gasteiger partial charge in [-0.1, -0.05) is 18.2 Å². The zero-order chi connectivity index (χ0) is 13.9. The fourth-order valence-corrected chi connectivity index (χ4v) is 3.97. The second kappa shape index (κ2) is 5.85. The summed E-state index contributed by atoms with van der Waals surface area (Å²) in [7, 11) is 1.74. The number of benzene rings is 1. The number of hydrogen-bond acceptors (Lipinski definition) is 3. The number of methoxy groups -OCH3 is 1. The van der Waals surface area contributed by atoms with Gasteiger partial charge in [-0.15, -0.1) is 0 Å². The second-order valence-corrected chi connectivity index (χ2v) is 6.07. The SMILES string of the molecule is COc1ccccc1CN1C2CCC1CC(CC#N)C2. The van der Waals surface area contributed by atoms with Crippen molar-refractivity contribution in [3.05, 3.63) is 29.8 Å². The number of nitriles is 1. The molecule has 0 spiro atoms. The van der Waals surface area contributed by atoms with E-state index >= 15 is 0 Å². The molecule has 0 radical (unpaired) electrons. The maximum Gasteiger partial charge on any atom is 0.123 e. The first-order valence-electron chi connectivity index (χ1n) is 7.56. The Morgan fingerprint density at radius 1 is 1.25 bits per heavy atom. The summed E-state index contributed by atoms with van der Waals surface area (Å²) in [5.74, 6) is 1.61. The van der Waals surface area contributed by atoms with Gasteiger partial charge in [0.1, 0.15) is 5.75 Å². The Balaban J connectivity index is 1.72. The summed E-state index contributed by atoms with van der Waals surface area (Å²) in [6, 6.07) is 12.0. The Bertz CT molecular complexity index is 494. The quantitative estimate of drug-likeness (QED) is 0.841. The van der Waals surface area contributed by atoms with E-state index in [4.69, 9.17) is 10.00 Å². The fraction of sp³-hybridized carbons (Fsp3) is 0.588. The highest BCUT2D eigenvalue weighted by Crippen LogP contribution is 2.41. The Hall–Kier alpha value is -1.53. The number of rotatable bonds is 4. The molecule has 0 aromatic heterocycles. The van der Waals surface area contributed by atoms with Crippen LogP contribution in [0.3, 0.4) is 0 Å². The molecule has 2 atom stereocenters. The predicted octanol–water partition coefficient (Wildman–Crippen LogP) is 3.35. The van der Waals surface area contributed by atoms with Gasteiger partial charge in [-0.05, 0) is 37.7 Å². The van der Waals surface area contributed by atoms with Crippen molar-refractivity contribution in [2.45, 2.75) is 50.7 Å². The van der Waals surface area contributed by atoms with Gasteiger partial charge >= 0.3 is 0 Å². The van der Waals surface area contributed by atoms with Crippen LogP contribution in [-0.2, 0) is 6.54 Å². The Morgan fingerprint density at radius 2 is 1.95 bits per heavy atom. The summed E-state index contributed by atoms with van der Waals surface area (Å²) in [6.07, 6.45) is 5.71. The molecule has 2 heterocycles. The Kier molecular flexibility index (Phi) is 3.93. The summed E-state index contributed by atoms with van der Waals surface area (Å²) in [5, 5.41) is 8.90. The highest BCUT2D eigenvalue weighted by atomic mass is 16.5. The number of ether oxygens (including phenoxy) is 1. The van der Waals surface area contributed by atoms with Crippen LogP contribution < -0.4 is 4.74 Å². The summed E-state index contributed by atoms with van der Waals surface area (Å²) >= 11 is 0. The van der Waals surface area contributed by atoms with Gasteiger partial charge in [0.15, 0.2) is 0 Å². The van der Waals surface area contributed by atoms with Crippen LogP contribution in [0.1, 0.15) is 37.7 Å². The predicted molar refractivity (Wildman–Crippen MR) is 78.3 cm³/mol. The topological polar surface area (TPSA) is 36.3 Å². The monoisotopic (exact) mass is 270 g/mol. The van der Waals surface area contributed by atoms with E-state index < -0.39 is 0 Å². The molecule has 2 saturated heterocycles. The van der Waals surface area contributed by atoms with Crippen LogP contribution in [0.4, 0.5) is 0 Å². The molecular weight excluding hydrogens is 248 g/mol. The van der Waals surface area contributed by atoms with Crippen molar-refractivity contribution in [1.82, 2.24) is 4.90 Å². The number of para-hydroxylation sites is 1. The lowest BCUT2D eigenvalue weighted by Crippen LogP contribution is -2.42. The summed E-state index contributed by atoms with van der Waals surface area (Å²) < 4.78 is 5.47. The van der Waals surface area contributed by atoms with Gasteiger partial charge in [0, 0.05) is 30.6 Å². The van der Waals surface area contributed by atoms with Crippen LogP contribution in [0.2, 0.25) is 0 Å². The van der Waals surface area contributed by atoms with Gasteiger partial charge in [0.05, 0.1) is 13.2 Å². The molecule has 0 saturated carbocycles. The summed E-state index contributed by atoms with van der Waals surface area (Å²) in [4.78, 5) is 2.64.